The Hall–Kier alpha value is -3.52. The Morgan fingerprint density at radius 3 is 2.37 bits per heavy atom. The molecule has 178 valence electrons. The Bertz CT molecular complexity index is 1240. The zero-order valence-electron chi connectivity index (χ0n) is 21.4. The zero-order chi connectivity index (χ0) is 24.4. The molecule has 0 spiro atoms. The second-order valence-electron chi connectivity index (χ2n) is 10.0. The summed E-state index contributed by atoms with van der Waals surface area (Å²) in [6.07, 6.45) is 18.8. The summed E-state index contributed by atoms with van der Waals surface area (Å²) >= 11 is 0. The first-order chi connectivity index (χ1) is 17.0. The van der Waals surface area contributed by atoms with Crippen molar-refractivity contribution in [2.75, 3.05) is 13.1 Å². The Balaban J connectivity index is 1.65. The van der Waals surface area contributed by atoms with Crippen LogP contribution in [0.25, 0.3) is 5.57 Å². The molecule has 2 aromatic rings. The average Bonchev–Trinajstić information content (AvgIpc) is 2.90. The molecule has 0 fully saturated rings. The summed E-state index contributed by atoms with van der Waals surface area (Å²) in [7, 11) is 0. The highest BCUT2D eigenvalue weighted by atomic mass is 15.2. The minimum absolute atomic E-state index is 0.162. The number of hydrogen-bond acceptors (Lipinski definition) is 2. The largest absolute Gasteiger partial charge is 0.371 e. The normalized spacial score (nSPS) is 26.2. The van der Waals surface area contributed by atoms with Crippen molar-refractivity contribution in [3.8, 4) is 0 Å². The lowest BCUT2D eigenvalue weighted by atomic mass is 9.72. The third-order valence-corrected chi connectivity index (χ3v) is 7.71. The van der Waals surface area contributed by atoms with Gasteiger partial charge in [0.25, 0.3) is 0 Å². The van der Waals surface area contributed by atoms with E-state index in [0.29, 0.717) is 0 Å². The van der Waals surface area contributed by atoms with E-state index >= 15 is 0 Å². The minimum Gasteiger partial charge on any atom is -0.371 e. The number of allylic oxidation sites excluding steroid dienone is 6. The van der Waals surface area contributed by atoms with Gasteiger partial charge in [-0.15, -0.1) is 0 Å². The van der Waals surface area contributed by atoms with Gasteiger partial charge in [-0.1, -0.05) is 103 Å². The SMILES string of the molecule is CCN1CC=C(C)C=C1C1(C)C=CC=C[C@@H]1N1C=C(c2ccccc2)C(C)=CC1c1ccccc1. The Labute approximate surface area is 211 Å². The van der Waals surface area contributed by atoms with Gasteiger partial charge in [0, 0.05) is 36.0 Å². The number of benzene rings is 2. The lowest BCUT2D eigenvalue weighted by Gasteiger charge is -2.50. The van der Waals surface area contributed by atoms with Crippen molar-refractivity contribution in [2.24, 2.45) is 5.41 Å². The molecule has 2 nitrogen and oxygen atoms in total. The molecule has 2 heteroatoms. The van der Waals surface area contributed by atoms with Gasteiger partial charge in [0.2, 0.25) is 0 Å². The van der Waals surface area contributed by atoms with Gasteiger partial charge in [-0.25, -0.2) is 0 Å². The number of hydrogen-bond donors (Lipinski definition) is 0. The number of rotatable bonds is 5. The summed E-state index contributed by atoms with van der Waals surface area (Å²) < 4.78 is 0. The van der Waals surface area contributed by atoms with Crippen molar-refractivity contribution in [1.82, 2.24) is 9.80 Å². The monoisotopic (exact) mass is 460 g/mol. The summed E-state index contributed by atoms with van der Waals surface area (Å²) in [6.45, 7) is 11.1. The van der Waals surface area contributed by atoms with Gasteiger partial charge in [0.15, 0.2) is 0 Å². The maximum atomic E-state index is 2.59. The van der Waals surface area contributed by atoms with Crippen LogP contribution < -0.4 is 0 Å². The lowest BCUT2D eigenvalue weighted by molar-refractivity contribution is 0.159. The molecule has 0 N–H and O–H groups in total. The van der Waals surface area contributed by atoms with Crippen molar-refractivity contribution in [2.45, 2.75) is 39.8 Å². The average molecular weight is 461 g/mol. The van der Waals surface area contributed by atoms with Crippen molar-refractivity contribution >= 4 is 5.57 Å². The van der Waals surface area contributed by atoms with E-state index < -0.39 is 0 Å². The van der Waals surface area contributed by atoms with E-state index in [1.165, 1.54) is 33.5 Å². The highest BCUT2D eigenvalue weighted by molar-refractivity contribution is 5.79. The van der Waals surface area contributed by atoms with Gasteiger partial charge in [0.05, 0.1) is 12.1 Å². The molecule has 2 unspecified atom stereocenters. The molecule has 35 heavy (non-hydrogen) atoms. The van der Waals surface area contributed by atoms with Gasteiger partial charge in [-0.2, -0.15) is 0 Å². The van der Waals surface area contributed by atoms with Gasteiger partial charge < -0.3 is 9.80 Å². The summed E-state index contributed by atoms with van der Waals surface area (Å²) in [5, 5.41) is 0. The molecule has 0 bridgehead atoms. The summed E-state index contributed by atoms with van der Waals surface area (Å²) in [5.74, 6) is 0. The van der Waals surface area contributed by atoms with Crippen molar-refractivity contribution in [3.63, 3.8) is 0 Å². The highest BCUT2D eigenvalue weighted by Gasteiger charge is 2.43. The number of nitrogens with zero attached hydrogens (tertiary/aromatic N) is 2. The first-order valence-electron chi connectivity index (χ1n) is 12.8. The van der Waals surface area contributed by atoms with Crippen LogP contribution in [0.5, 0.6) is 0 Å². The third-order valence-electron chi connectivity index (χ3n) is 7.71. The van der Waals surface area contributed by atoms with E-state index in [1.807, 2.05) is 0 Å². The first-order valence-corrected chi connectivity index (χ1v) is 12.8. The maximum absolute atomic E-state index is 2.59. The second kappa shape index (κ2) is 9.62. The summed E-state index contributed by atoms with van der Waals surface area (Å²) in [4.78, 5) is 5.11. The smallest absolute Gasteiger partial charge is 0.0733 e. The fraction of sp³-hybridized carbons (Fsp3) is 0.273. The van der Waals surface area contributed by atoms with Crippen LogP contribution in [0, 0.1) is 5.41 Å². The minimum atomic E-state index is -0.162. The van der Waals surface area contributed by atoms with Crippen LogP contribution in [0.1, 0.15) is 44.9 Å². The van der Waals surface area contributed by atoms with Crippen LogP contribution in [0.4, 0.5) is 0 Å². The summed E-state index contributed by atoms with van der Waals surface area (Å²) in [6, 6.07) is 22.1. The Kier molecular flexibility index (Phi) is 6.38. The number of likely N-dealkylation sites (N-methyl/N-ethyl adjacent to an activating group) is 1. The third kappa shape index (κ3) is 4.34. The van der Waals surface area contributed by atoms with E-state index in [4.69, 9.17) is 0 Å². The maximum Gasteiger partial charge on any atom is 0.0733 e. The fourth-order valence-corrected chi connectivity index (χ4v) is 5.72. The summed E-state index contributed by atoms with van der Waals surface area (Å²) in [5.41, 5.74) is 7.79. The van der Waals surface area contributed by atoms with Crippen molar-refractivity contribution in [1.29, 1.82) is 0 Å². The van der Waals surface area contributed by atoms with Crippen LogP contribution in [0.2, 0.25) is 0 Å². The molecular weight excluding hydrogens is 424 g/mol. The van der Waals surface area contributed by atoms with Crippen LogP contribution in [-0.4, -0.2) is 28.9 Å². The quantitative estimate of drug-likeness (QED) is 0.451. The second-order valence-corrected chi connectivity index (χ2v) is 10.0. The highest BCUT2D eigenvalue weighted by Crippen LogP contribution is 2.47. The van der Waals surface area contributed by atoms with Gasteiger partial charge in [0.1, 0.15) is 0 Å². The van der Waals surface area contributed by atoms with Gasteiger partial charge in [-0.3, -0.25) is 0 Å². The van der Waals surface area contributed by atoms with E-state index in [0.717, 1.165) is 13.1 Å². The molecule has 0 saturated heterocycles. The molecule has 3 aliphatic rings. The first kappa shape index (κ1) is 23.2. The predicted molar refractivity (Wildman–Crippen MR) is 148 cm³/mol. The fourth-order valence-electron chi connectivity index (χ4n) is 5.72. The van der Waals surface area contributed by atoms with Crippen molar-refractivity contribution < 1.29 is 0 Å². The van der Waals surface area contributed by atoms with Crippen LogP contribution in [0.15, 0.2) is 126 Å². The van der Waals surface area contributed by atoms with Crippen molar-refractivity contribution in [3.05, 3.63) is 137 Å². The van der Waals surface area contributed by atoms with Gasteiger partial charge in [-0.05, 0) is 50.5 Å². The molecule has 0 aromatic heterocycles. The molecule has 0 saturated carbocycles. The molecule has 0 amide bonds. The lowest BCUT2D eigenvalue weighted by Crippen LogP contribution is -2.49. The molecule has 2 aromatic carbocycles. The molecular formula is C33H36N2. The Morgan fingerprint density at radius 2 is 1.66 bits per heavy atom. The molecule has 3 atom stereocenters. The molecule has 5 rings (SSSR count). The zero-order valence-corrected chi connectivity index (χ0v) is 21.4. The van der Waals surface area contributed by atoms with Crippen LogP contribution in [0.3, 0.4) is 0 Å². The molecule has 0 radical (unpaired) electrons. The predicted octanol–water partition coefficient (Wildman–Crippen LogP) is 7.70. The van der Waals surface area contributed by atoms with E-state index in [9.17, 15) is 0 Å². The van der Waals surface area contributed by atoms with Crippen LogP contribution in [-0.2, 0) is 0 Å². The van der Waals surface area contributed by atoms with E-state index in [2.05, 4.69) is 147 Å². The standard InChI is InChI=1S/C33H36N2/c1-5-34-21-19-25(2)22-32(34)33(4)20-13-12-18-31(33)35-24-29(27-14-8-6-9-15-27)26(3)23-30(35)28-16-10-7-11-17-28/h6-20,22-24,30-31H,5,21H2,1-4H3/t30?,31-,33?/m0/s1. The van der Waals surface area contributed by atoms with Crippen LogP contribution >= 0.6 is 0 Å². The van der Waals surface area contributed by atoms with E-state index in [-0.39, 0.29) is 17.5 Å². The van der Waals surface area contributed by atoms with Gasteiger partial charge >= 0.3 is 0 Å². The molecule has 1 aliphatic carbocycles. The Morgan fingerprint density at radius 1 is 0.943 bits per heavy atom. The topological polar surface area (TPSA) is 6.48 Å². The van der Waals surface area contributed by atoms with E-state index in [1.54, 1.807) is 0 Å². The molecule has 2 aliphatic heterocycles. The molecule has 2 heterocycles.